The molecule has 2 aromatic heterocycles. The van der Waals surface area contributed by atoms with Gasteiger partial charge < -0.3 is 5.32 Å². The number of aryl methyl sites for hydroxylation is 2. The second kappa shape index (κ2) is 5.97. The fraction of sp³-hybridized carbons (Fsp3) is 0.545. The summed E-state index contributed by atoms with van der Waals surface area (Å²) in [5, 5.41) is 16.2. The van der Waals surface area contributed by atoms with Crippen LogP contribution in [-0.2, 0) is 19.6 Å². The summed E-state index contributed by atoms with van der Waals surface area (Å²) in [6.07, 6.45) is 5.36. The van der Waals surface area contributed by atoms with Crippen molar-refractivity contribution in [2.75, 3.05) is 0 Å². The number of nitrogens with one attached hydrogen (secondary N) is 1. The van der Waals surface area contributed by atoms with Gasteiger partial charge in [0, 0.05) is 25.0 Å². The van der Waals surface area contributed by atoms with Crippen LogP contribution in [-0.4, -0.2) is 30.8 Å². The highest BCUT2D eigenvalue weighted by molar-refractivity contribution is 6.30. The number of nitrogens with zero attached hydrogens (tertiary/aromatic N) is 5. The third-order valence-electron chi connectivity index (χ3n) is 2.44. The van der Waals surface area contributed by atoms with Crippen LogP contribution in [0.1, 0.15) is 19.5 Å². The molecule has 0 aliphatic carbocycles. The molecule has 0 atom stereocenters. The van der Waals surface area contributed by atoms with E-state index in [2.05, 4.69) is 34.6 Å². The highest BCUT2D eigenvalue weighted by Crippen LogP contribution is 2.04. The molecule has 0 aliphatic heterocycles. The van der Waals surface area contributed by atoms with E-state index in [0.717, 1.165) is 25.3 Å². The van der Waals surface area contributed by atoms with Crippen molar-refractivity contribution in [2.45, 2.75) is 39.5 Å². The SMILES string of the molecule is CC(C)NCc1cn(CCn2cc(Cl)cn2)nn1. The van der Waals surface area contributed by atoms with Crippen LogP contribution in [0.15, 0.2) is 18.6 Å². The average molecular weight is 269 g/mol. The van der Waals surface area contributed by atoms with E-state index in [-0.39, 0.29) is 0 Å². The molecule has 6 nitrogen and oxygen atoms in total. The largest absolute Gasteiger partial charge is 0.309 e. The maximum atomic E-state index is 5.79. The lowest BCUT2D eigenvalue weighted by Crippen LogP contribution is -2.21. The zero-order valence-electron chi connectivity index (χ0n) is 10.5. The second-order valence-electron chi connectivity index (χ2n) is 4.43. The van der Waals surface area contributed by atoms with E-state index in [0.29, 0.717) is 11.1 Å². The number of hydrogen-bond donors (Lipinski definition) is 1. The van der Waals surface area contributed by atoms with Crippen LogP contribution in [0.3, 0.4) is 0 Å². The third kappa shape index (κ3) is 3.82. The fourth-order valence-corrected chi connectivity index (χ4v) is 1.66. The van der Waals surface area contributed by atoms with Crippen LogP contribution >= 0.6 is 11.6 Å². The Morgan fingerprint density at radius 1 is 1.28 bits per heavy atom. The lowest BCUT2D eigenvalue weighted by Gasteiger charge is -2.04. The summed E-state index contributed by atoms with van der Waals surface area (Å²) < 4.78 is 3.60. The summed E-state index contributed by atoms with van der Waals surface area (Å²) in [5.74, 6) is 0. The minimum Gasteiger partial charge on any atom is -0.309 e. The maximum absolute atomic E-state index is 5.79. The Morgan fingerprint density at radius 2 is 2.06 bits per heavy atom. The van der Waals surface area contributed by atoms with Gasteiger partial charge in [0.05, 0.1) is 30.0 Å². The van der Waals surface area contributed by atoms with Gasteiger partial charge in [-0.1, -0.05) is 30.7 Å². The molecular formula is C11H17ClN6. The minimum absolute atomic E-state index is 0.446. The van der Waals surface area contributed by atoms with Crippen LogP contribution in [0.2, 0.25) is 5.02 Å². The molecule has 18 heavy (non-hydrogen) atoms. The maximum Gasteiger partial charge on any atom is 0.0964 e. The molecule has 2 heterocycles. The summed E-state index contributed by atoms with van der Waals surface area (Å²) >= 11 is 5.79. The molecular weight excluding hydrogens is 252 g/mol. The Kier molecular flexibility index (Phi) is 4.33. The highest BCUT2D eigenvalue weighted by Gasteiger charge is 2.02. The van der Waals surface area contributed by atoms with Crippen LogP contribution in [0, 0.1) is 0 Å². The molecule has 2 aromatic rings. The molecule has 0 saturated heterocycles. The van der Waals surface area contributed by atoms with Crippen molar-refractivity contribution in [2.24, 2.45) is 0 Å². The predicted octanol–water partition coefficient (Wildman–Crippen LogP) is 1.33. The van der Waals surface area contributed by atoms with E-state index in [4.69, 9.17) is 11.6 Å². The van der Waals surface area contributed by atoms with Crippen molar-refractivity contribution in [3.63, 3.8) is 0 Å². The van der Waals surface area contributed by atoms with Crippen molar-refractivity contribution in [1.29, 1.82) is 0 Å². The van der Waals surface area contributed by atoms with Crippen molar-refractivity contribution in [3.8, 4) is 0 Å². The predicted molar refractivity (Wildman–Crippen MR) is 69.2 cm³/mol. The first-order valence-corrected chi connectivity index (χ1v) is 6.31. The van der Waals surface area contributed by atoms with Crippen molar-refractivity contribution in [3.05, 3.63) is 29.3 Å². The van der Waals surface area contributed by atoms with Crippen molar-refractivity contribution >= 4 is 11.6 Å². The van der Waals surface area contributed by atoms with Crippen LogP contribution in [0.4, 0.5) is 0 Å². The molecule has 7 heteroatoms. The Morgan fingerprint density at radius 3 is 2.72 bits per heavy atom. The van der Waals surface area contributed by atoms with Crippen LogP contribution < -0.4 is 5.32 Å². The lowest BCUT2D eigenvalue weighted by molar-refractivity contribution is 0.490. The van der Waals surface area contributed by atoms with Gasteiger partial charge in [-0.25, -0.2) is 0 Å². The molecule has 0 unspecified atom stereocenters. The summed E-state index contributed by atoms with van der Waals surface area (Å²) in [4.78, 5) is 0. The lowest BCUT2D eigenvalue weighted by atomic mass is 10.3. The van der Waals surface area contributed by atoms with E-state index < -0.39 is 0 Å². The molecule has 0 fully saturated rings. The zero-order chi connectivity index (χ0) is 13.0. The summed E-state index contributed by atoms with van der Waals surface area (Å²) in [7, 11) is 0. The standard InChI is InChI=1S/C11H17ClN6/c1-9(2)13-6-11-8-18(16-15-11)4-3-17-7-10(12)5-14-17/h5,7-9,13H,3-4,6H2,1-2H3. The smallest absolute Gasteiger partial charge is 0.0964 e. The molecule has 0 aliphatic rings. The van der Waals surface area contributed by atoms with Gasteiger partial charge in [-0.15, -0.1) is 5.10 Å². The van der Waals surface area contributed by atoms with Crippen LogP contribution in [0.5, 0.6) is 0 Å². The van der Waals surface area contributed by atoms with Gasteiger partial charge in [0.1, 0.15) is 0 Å². The monoisotopic (exact) mass is 268 g/mol. The Hall–Kier alpha value is -1.40. The minimum atomic E-state index is 0.446. The van der Waals surface area contributed by atoms with E-state index in [9.17, 15) is 0 Å². The summed E-state index contributed by atoms with van der Waals surface area (Å²) in [6, 6.07) is 0.446. The molecule has 0 saturated carbocycles. The number of halogens is 1. The van der Waals surface area contributed by atoms with E-state index in [1.54, 1.807) is 17.1 Å². The zero-order valence-corrected chi connectivity index (χ0v) is 11.3. The average Bonchev–Trinajstić information content (AvgIpc) is 2.93. The van der Waals surface area contributed by atoms with Gasteiger partial charge >= 0.3 is 0 Å². The summed E-state index contributed by atoms with van der Waals surface area (Å²) in [6.45, 7) is 6.41. The van der Waals surface area contributed by atoms with Gasteiger partial charge in [-0.3, -0.25) is 9.36 Å². The molecule has 0 bridgehead atoms. The molecule has 2 rings (SSSR count). The Balaban J connectivity index is 1.83. The van der Waals surface area contributed by atoms with Crippen LogP contribution in [0.25, 0.3) is 0 Å². The highest BCUT2D eigenvalue weighted by atomic mass is 35.5. The van der Waals surface area contributed by atoms with Crippen molar-refractivity contribution in [1.82, 2.24) is 30.1 Å². The Labute approximate surface area is 111 Å². The van der Waals surface area contributed by atoms with E-state index in [1.807, 2.05) is 10.9 Å². The second-order valence-corrected chi connectivity index (χ2v) is 4.87. The van der Waals surface area contributed by atoms with Crippen molar-refractivity contribution < 1.29 is 0 Å². The number of aromatic nitrogens is 5. The van der Waals surface area contributed by atoms with Gasteiger partial charge in [0.15, 0.2) is 0 Å². The van der Waals surface area contributed by atoms with E-state index in [1.165, 1.54) is 0 Å². The van der Waals surface area contributed by atoms with E-state index >= 15 is 0 Å². The number of rotatable bonds is 6. The van der Waals surface area contributed by atoms with Gasteiger partial charge in [-0.2, -0.15) is 5.10 Å². The Bertz CT molecular complexity index is 489. The molecule has 0 amide bonds. The third-order valence-corrected chi connectivity index (χ3v) is 2.63. The molecule has 0 aromatic carbocycles. The molecule has 1 N–H and O–H groups in total. The quantitative estimate of drug-likeness (QED) is 0.859. The molecule has 0 spiro atoms. The molecule has 98 valence electrons. The first-order valence-electron chi connectivity index (χ1n) is 5.94. The normalized spacial score (nSPS) is 11.3. The van der Waals surface area contributed by atoms with Gasteiger partial charge in [-0.05, 0) is 0 Å². The summed E-state index contributed by atoms with van der Waals surface area (Å²) in [5.41, 5.74) is 0.946. The fourth-order valence-electron chi connectivity index (χ4n) is 1.50. The first-order chi connectivity index (χ1) is 8.63. The number of hydrogen-bond acceptors (Lipinski definition) is 4. The first kappa shape index (κ1) is 13.0. The topological polar surface area (TPSA) is 60.6 Å². The molecule has 0 radical (unpaired) electrons. The van der Waals surface area contributed by atoms with Gasteiger partial charge in [0.25, 0.3) is 0 Å². The van der Waals surface area contributed by atoms with Gasteiger partial charge in [0.2, 0.25) is 0 Å².